The quantitative estimate of drug-likeness (QED) is 0.861. The van der Waals surface area contributed by atoms with Gasteiger partial charge in [-0.2, -0.15) is 4.31 Å². The number of ether oxygens (including phenoxy) is 1. The first-order chi connectivity index (χ1) is 8.95. The maximum absolute atomic E-state index is 12.3. The number of carboxylic acids is 1. The number of benzene rings is 1. The topological polar surface area (TPSA) is 83.9 Å². The van der Waals surface area contributed by atoms with Crippen LogP contribution >= 0.6 is 0 Å². The van der Waals surface area contributed by atoms with Crippen LogP contribution in [0.1, 0.15) is 12.0 Å². The summed E-state index contributed by atoms with van der Waals surface area (Å²) in [6, 6.07) is 4.39. The normalized spacial score (nSPS) is 15.8. The third-order valence-electron chi connectivity index (χ3n) is 3.04. The Morgan fingerprint density at radius 2 is 2.11 bits per heavy atom. The molecule has 0 saturated carbocycles. The van der Waals surface area contributed by atoms with Crippen molar-refractivity contribution in [2.75, 3.05) is 20.2 Å². The van der Waals surface area contributed by atoms with Crippen molar-refractivity contribution in [1.29, 1.82) is 0 Å². The average Bonchev–Trinajstić information content (AvgIpc) is 2.24. The van der Waals surface area contributed by atoms with E-state index in [2.05, 4.69) is 0 Å². The largest absolute Gasteiger partial charge is 0.497 e. The highest BCUT2D eigenvalue weighted by atomic mass is 32.2. The fourth-order valence-electron chi connectivity index (χ4n) is 1.90. The molecule has 0 spiro atoms. The number of carboxylic acid groups (broad SMARTS) is 1. The van der Waals surface area contributed by atoms with Gasteiger partial charge in [-0.1, -0.05) is 0 Å². The van der Waals surface area contributed by atoms with Gasteiger partial charge < -0.3 is 9.84 Å². The van der Waals surface area contributed by atoms with E-state index in [1.165, 1.54) is 29.6 Å². The van der Waals surface area contributed by atoms with E-state index in [-0.39, 0.29) is 16.9 Å². The Bertz CT molecular complexity index is 592. The summed E-state index contributed by atoms with van der Waals surface area (Å²) in [5.41, 5.74) is 0.249. The molecule has 0 aromatic heterocycles. The zero-order valence-electron chi connectivity index (χ0n) is 10.5. The molecule has 1 heterocycles. The molecule has 104 valence electrons. The Balaban J connectivity index is 2.46. The van der Waals surface area contributed by atoms with Gasteiger partial charge in [-0.15, -0.1) is 0 Å². The molecule has 7 heteroatoms. The number of sulfonamides is 1. The van der Waals surface area contributed by atoms with Crippen LogP contribution in [0.25, 0.3) is 0 Å². The van der Waals surface area contributed by atoms with E-state index in [1.54, 1.807) is 0 Å². The van der Waals surface area contributed by atoms with Gasteiger partial charge in [0.25, 0.3) is 0 Å². The lowest BCUT2D eigenvalue weighted by Crippen LogP contribution is -2.42. The van der Waals surface area contributed by atoms with Crippen LogP contribution in [0.2, 0.25) is 0 Å². The molecule has 0 bridgehead atoms. The van der Waals surface area contributed by atoms with E-state index in [0.717, 1.165) is 6.42 Å². The fourth-order valence-corrected chi connectivity index (χ4v) is 3.62. The van der Waals surface area contributed by atoms with E-state index < -0.39 is 16.0 Å². The Morgan fingerprint density at radius 3 is 2.58 bits per heavy atom. The Labute approximate surface area is 111 Å². The van der Waals surface area contributed by atoms with Crippen molar-refractivity contribution in [2.45, 2.75) is 17.7 Å². The van der Waals surface area contributed by atoms with E-state index in [1.807, 2.05) is 0 Å². The lowest BCUT2D eigenvalue weighted by atomic mass is 10.1. The third-order valence-corrected chi connectivity index (χ3v) is 5.04. The molecule has 0 atom stereocenters. The number of aliphatic carboxylic acids is 1. The summed E-state index contributed by atoms with van der Waals surface area (Å²) in [6.07, 6.45) is 0.489. The first-order valence-corrected chi connectivity index (χ1v) is 7.28. The average molecular weight is 285 g/mol. The highest BCUT2D eigenvalue weighted by Crippen LogP contribution is 2.27. The summed E-state index contributed by atoms with van der Waals surface area (Å²) in [4.78, 5) is 10.9. The number of nitrogens with zero attached hydrogens (tertiary/aromatic N) is 1. The van der Waals surface area contributed by atoms with Crippen molar-refractivity contribution >= 4 is 16.0 Å². The molecule has 1 saturated heterocycles. The van der Waals surface area contributed by atoms with Crippen LogP contribution in [0.4, 0.5) is 0 Å². The summed E-state index contributed by atoms with van der Waals surface area (Å²) in [7, 11) is -2.14. The highest BCUT2D eigenvalue weighted by molar-refractivity contribution is 7.89. The van der Waals surface area contributed by atoms with Crippen LogP contribution < -0.4 is 4.74 Å². The van der Waals surface area contributed by atoms with E-state index >= 15 is 0 Å². The molecule has 0 radical (unpaired) electrons. The second kappa shape index (κ2) is 5.18. The number of hydrogen-bond donors (Lipinski definition) is 1. The molecule has 0 unspecified atom stereocenters. The maximum Gasteiger partial charge on any atom is 0.307 e. The Kier molecular flexibility index (Phi) is 3.77. The summed E-state index contributed by atoms with van der Waals surface area (Å²) >= 11 is 0. The van der Waals surface area contributed by atoms with E-state index in [0.29, 0.717) is 18.8 Å². The number of carbonyl (C=O) groups is 1. The van der Waals surface area contributed by atoms with Crippen LogP contribution in [-0.4, -0.2) is 44.0 Å². The minimum absolute atomic E-state index is 0.0513. The van der Waals surface area contributed by atoms with Gasteiger partial charge in [0.15, 0.2) is 0 Å². The Hall–Kier alpha value is -1.60. The molecule has 0 aliphatic carbocycles. The SMILES string of the molecule is COc1ccc(S(=O)(=O)N2CCC2)c(CC(=O)O)c1. The summed E-state index contributed by atoms with van der Waals surface area (Å²) in [5.74, 6) is -0.632. The monoisotopic (exact) mass is 285 g/mol. The van der Waals surface area contributed by atoms with E-state index in [4.69, 9.17) is 9.84 Å². The molecule has 1 aromatic carbocycles. The van der Waals surface area contributed by atoms with Crippen molar-refractivity contribution in [3.8, 4) is 5.75 Å². The first kappa shape index (κ1) is 13.8. The minimum atomic E-state index is -3.59. The third kappa shape index (κ3) is 2.71. The van der Waals surface area contributed by atoms with Crippen LogP contribution in [0, 0.1) is 0 Å². The maximum atomic E-state index is 12.3. The molecule has 0 amide bonds. The highest BCUT2D eigenvalue weighted by Gasteiger charge is 2.31. The minimum Gasteiger partial charge on any atom is -0.497 e. The second-order valence-corrected chi connectivity index (χ2v) is 6.21. The predicted octanol–water partition coefficient (Wildman–Crippen LogP) is 0.717. The summed E-state index contributed by atoms with van der Waals surface area (Å²) < 4.78 is 31.0. The van der Waals surface area contributed by atoms with Crippen molar-refractivity contribution in [3.05, 3.63) is 23.8 Å². The number of methoxy groups -OCH3 is 1. The van der Waals surface area contributed by atoms with Crippen LogP contribution in [0.5, 0.6) is 5.75 Å². The summed E-state index contributed by atoms with van der Waals surface area (Å²) in [6.45, 7) is 0.974. The van der Waals surface area contributed by atoms with Gasteiger partial charge in [-0.3, -0.25) is 4.79 Å². The van der Waals surface area contributed by atoms with Gasteiger partial charge in [0, 0.05) is 13.1 Å². The molecular weight excluding hydrogens is 270 g/mol. The molecule has 6 nitrogen and oxygen atoms in total. The van der Waals surface area contributed by atoms with Gasteiger partial charge in [0.1, 0.15) is 5.75 Å². The summed E-state index contributed by atoms with van der Waals surface area (Å²) in [5, 5.41) is 8.88. The predicted molar refractivity (Wildman–Crippen MR) is 67.7 cm³/mol. The Morgan fingerprint density at radius 1 is 1.42 bits per heavy atom. The van der Waals surface area contributed by atoms with Crippen molar-refractivity contribution in [2.24, 2.45) is 0 Å². The van der Waals surface area contributed by atoms with Gasteiger partial charge >= 0.3 is 5.97 Å². The number of rotatable bonds is 5. The van der Waals surface area contributed by atoms with Gasteiger partial charge in [0.05, 0.1) is 18.4 Å². The fraction of sp³-hybridized carbons (Fsp3) is 0.417. The lowest BCUT2D eigenvalue weighted by molar-refractivity contribution is -0.136. The van der Waals surface area contributed by atoms with Crippen molar-refractivity contribution in [1.82, 2.24) is 4.31 Å². The molecule has 1 aliphatic rings. The van der Waals surface area contributed by atoms with Crippen LogP contribution in [-0.2, 0) is 21.2 Å². The lowest BCUT2D eigenvalue weighted by Gasteiger charge is -2.30. The molecular formula is C12H15NO5S. The first-order valence-electron chi connectivity index (χ1n) is 5.84. The smallest absolute Gasteiger partial charge is 0.307 e. The number of hydrogen-bond acceptors (Lipinski definition) is 4. The molecule has 2 rings (SSSR count). The molecule has 1 N–H and O–H groups in total. The van der Waals surface area contributed by atoms with Gasteiger partial charge in [-0.05, 0) is 30.2 Å². The molecule has 1 fully saturated rings. The second-order valence-electron chi connectivity index (χ2n) is 4.30. The van der Waals surface area contributed by atoms with Crippen LogP contribution in [0.15, 0.2) is 23.1 Å². The van der Waals surface area contributed by atoms with Crippen LogP contribution in [0.3, 0.4) is 0 Å². The molecule has 1 aromatic rings. The molecule has 1 aliphatic heterocycles. The van der Waals surface area contributed by atoms with Crippen molar-refractivity contribution < 1.29 is 23.1 Å². The zero-order valence-corrected chi connectivity index (χ0v) is 11.3. The van der Waals surface area contributed by atoms with E-state index in [9.17, 15) is 13.2 Å². The zero-order chi connectivity index (χ0) is 14.0. The standard InChI is InChI=1S/C12H15NO5S/c1-18-10-3-4-11(9(7-10)8-12(14)15)19(16,17)13-5-2-6-13/h3-4,7H,2,5-6,8H2,1H3,(H,14,15). The molecule has 19 heavy (non-hydrogen) atoms. The van der Waals surface area contributed by atoms with Crippen molar-refractivity contribution in [3.63, 3.8) is 0 Å². The van der Waals surface area contributed by atoms with Gasteiger partial charge in [-0.25, -0.2) is 8.42 Å². The van der Waals surface area contributed by atoms with Gasteiger partial charge in [0.2, 0.25) is 10.0 Å².